The topological polar surface area (TPSA) is 0 Å². The molecule has 0 aliphatic heterocycles. The number of hydrogen-bond donors (Lipinski definition) is 0. The van der Waals surface area contributed by atoms with Gasteiger partial charge in [-0.2, -0.15) is 6.07 Å². The Labute approximate surface area is 170 Å². The van der Waals surface area contributed by atoms with E-state index in [2.05, 4.69) is 84.0 Å². The molecular formula is C22H25Cl2Zr-. The van der Waals surface area contributed by atoms with Gasteiger partial charge in [0.05, 0.1) is 0 Å². The predicted molar refractivity (Wildman–Crippen MR) is 110 cm³/mol. The van der Waals surface area contributed by atoms with Crippen molar-refractivity contribution in [3.05, 3.63) is 64.7 Å². The summed E-state index contributed by atoms with van der Waals surface area (Å²) in [4.78, 5) is 0. The summed E-state index contributed by atoms with van der Waals surface area (Å²) < 4.78 is 0. The van der Waals surface area contributed by atoms with Crippen molar-refractivity contribution in [2.45, 2.75) is 47.0 Å². The van der Waals surface area contributed by atoms with E-state index in [4.69, 9.17) is 17.0 Å². The van der Waals surface area contributed by atoms with E-state index in [0.29, 0.717) is 0 Å². The number of fused-ring (bicyclic) bond motifs is 1. The Balaban J connectivity index is 0.000000701. The van der Waals surface area contributed by atoms with Gasteiger partial charge in [-0.05, 0) is 24.8 Å². The summed E-state index contributed by atoms with van der Waals surface area (Å²) >= 11 is -0.826. The molecule has 0 aromatic heterocycles. The molecule has 0 N–H and O–H groups in total. The van der Waals surface area contributed by atoms with E-state index in [-0.39, 0.29) is 5.41 Å². The Bertz CT molecular complexity index is 849. The summed E-state index contributed by atoms with van der Waals surface area (Å²) in [5.74, 6) is 0. The quantitative estimate of drug-likeness (QED) is 0.331. The van der Waals surface area contributed by atoms with E-state index >= 15 is 0 Å². The van der Waals surface area contributed by atoms with Crippen LogP contribution in [0.1, 0.15) is 43.0 Å². The van der Waals surface area contributed by atoms with E-state index < -0.39 is 20.8 Å². The number of rotatable bonds is 1. The molecular weight excluding hydrogens is 426 g/mol. The molecule has 0 bridgehead atoms. The Morgan fingerprint density at radius 2 is 1.44 bits per heavy atom. The van der Waals surface area contributed by atoms with Gasteiger partial charge in [0, 0.05) is 0 Å². The van der Waals surface area contributed by atoms with Gasteiger partial charge < -0.3 is 0 Å². The van der Waals surface area contributed by atoms with E-state index in [1.807, 2.05) is 0 Å². The van der Waals surface area contributed by atoms with Crippen molar-refractivity contribution in [2.24, 2.45) is 0 Å². The molecule has 3 heteroatoms. The first-order chi connectivity index (χ1) is 11.7. The average molecular weight is 452 g/mol. The van der Waals surface area contributed by atoms with Crippen molar-refractivity contribution in [1.82, 2.24) is 0 Å². The summed E-state index contributed by atoms with van der Waals surface area (Å²) in [6.07, 6.45) is 0. The molecule has 0 saturated heterocycles. The molecule has 0 radical (unpaired) electrons. The molecule has 0 spiro atoms. The third-order valence-corrected chi connectivity index (χ3v) is 4.35. The first-order valence-corrected chi connectivity index (χ1v) is 14.8. The fourth-order valence-corrected chi connectivity index (χ4v) is 3.49. The van der Waals surface area contributed by atoms with Crippen LogP contribution >= 0.6 is 17.0 Å². The summed E-state index contributed by atoms with van der Waals surface area (Å²) in [5, 5.41) is 2.73. The standard InChI is InChI=1S/C22H25.2ClH.Zr/c1-14-9-15(2)12-18(11-14)21-19-13-16(3)10-17(19)7-8-20(21)22(4,5)6;;;/h7-13H,1-6H3;2*1H;/q-1;;;+2/p-2. The van der Waals surface area contributed by atoms with Crippen molar-refractivity contribution in [3.8, 4) is 11.1 Å². The van der Waals surface area contributed by atoms with Gasteiger partial charge in [-0.25, -0.2) is 0 Å². The fourth-order valence-electron chi connectivity index (χ4n) is 3.49. The summed E-state index contributed by atoms with van der Waals surface area (Å²) in [6, 6.07) is 16.1. The molecule has 0 amide bonds. The molecule has 3 rings (SSSR count). The fraction of sp³-hybridized carbons (Fsp3) is 0.318. The van der Waals surface area contributed by atoms with Crippen LogP contribution in [-0.4, -0.2) is 0 Å². The summed E-state index contributed by atoms with van der Waals surface area (Å²) in [5.41, 5.74) is 8.31. The van der Waals surface area contributed by atoms with Crippen molar-refractivity contribution in [3.63, 3.8) is 0 Å². The SMILES string of the molecule is Cc1cc(C)cc(-c2c(C(C)(C)C)ccc3[cH-]c(C)cc23)c1.[Cl][Zr][Cl]. The van der Waals surface area contributed by atoms with Crippen molar-refractivity contribution < 1.29 is 20.8 Å². The summed E-state index contributed by atoms with van der Waals surface area (Å²) in [7, 11) is 9.87. The molecule has 0 aliphatic rings. The second-order valence-corrected chi connectivity index (χ2v) is 11.5. The van der Waals surface area contributed by atoms with Gasteiger partial charge in [0.2, 0.25) is 0 Å². The van der Waals surface area contributed by atoms with Gasteiger partial charge in [-0.1, -0.05) is 68.1 Å². The third kappa shape index (κ3) is 5.03. The number of hydrogen-bond acceptors (Lipinski definition) is 0. The molecule has 0 nitrogen and oxygen atoms in total. The minimum atomic E-state index is -0.826. The van der Waals surface area contributed by atoms with Crippen LogP contribution in [0, 0.1) is 20.8 Å². The molecule has 0 saturated carbocycles. The van der Waals surface area contributed by atoms with Crippen LogP contribution in [0.25, 0.3) is 21.9 Å². The molecule has 0 unspecified atom stereocenters. The van der Waals surface area contributed by atoms with Gasteiger partial charge in [-0.15, -0.1) is 34.5 Å². The molecule has 25 heavy (non-hydrogen) atoms. The maximum absolute atomic E-state index is 4.93. The number of halogens is 2. The Morgan fingerprint density at radius 3 is 1.96 bits per heavy atom. The predicted octanol–water partition coefficient (Wildman–Crippen LogP) is 7.82. The van der Waals surface area contributed by atoms with E-state index in [9.17, 15) is 0 Å². The van der Waals surface area contributed by atoms with Crippen LogP contribution in [0.3, 0.4) is 0 Å². The molecule has 3 aromatic carbocycles. The van der Waals surface area contributed by atoms with E-state index in [1.165, 1.54) is 44.2 Å². The van der Waals surface area contributed by atoms with Crippen molar-refractivity contribution >= 4 is 27.8 Å². The van der Waals surface area contributed by atoms with Crippen LogP contribution in [-0.2, 0) is 26.3 Å². The average Bonchev–Trinajstić information content (AvgIpc) is 2.85. The van der Waals surface area contributed by atoms with Crippen molar-refractivity contribution in [2.75, 3.05) is 0 Å². The van der Waals surface area contributed by atoms with Crippen LogP contribution in [0.5, 0.6) is 0 Å². The van der Waals surface area contributed by atoms with Crippen LogP contribution in [0.4, 0.5) is 0 Å². The van der Waals surface area contributed by atoms with Gasteiger partial charge in [0.1, 0.15) is 0 Å². The minimum absolute atomic E-state index is 0.131. The van der Waals surface area contributed by atoms with Crippen LogP contribution in [0.15, 0.2) is 42.5 Å². The molecule has 3 aromatic rings. The Hall–Kier alpha value is -0.487. The zero-order chi connectivity index (χ0) is 18.8. The van der Waals surface area contributed by atoms with Crippen molar-refractivity contribution in [1.29, 1.82) is 0 Å². The normalized spacial score (nSPS) is 11.2. The number of aryl methyl sites for hydroxylation is 3. The van der Waals surface area contributed by atoms with Gasteiger partial charge >= 0.3 is 37.9 Å². The Morgan fingerprint density at radius 1 is 0.880 bits per heavy atom. The van der Waals surface area contributed by atoms with Crippen LogP contribution < -0.4 is 0 Å². The second-order valence-electron chi connectivity index (χ2n) is 7.72. The van der Waals surface area contributed by atoms with E-state index in [0.717, 1.165) is 0 Å². The molecule has 132 valence electrons. The first-order valence-electron chi connectivity index (χ1n) is 8.43. The van der Waals surface area contributed by atoms with Crippen LogP contribution in [0.2, 0.25) is 0 Å². The molecule has 0 aliphatic carbocycles. The molecule has 0 fully saturated rings. The maximum atomic E-state index is 4.93. The second kappa shape index (κ2) is 8.47. The third-order valence-electron chi connectivity index (χ3n) is 4.35. The zero-order valence-electron chi connectivity index (χ0n) is 15.8. The number of benzene rings is 2. The molecule has 0 atom stereocenters. The van der Waals surface area contributed by atoms with Gasteiger partial charge in [-0.3, -0.25) is 0 Å². The van der Waals surface area contributed by atoms with Gasteiger partial charge in [0.25, 0.3) is 0 Å². The monoisotopic (exact) mass is 449 g/mol. The zero-order valence-corrected chi connectivity index (χ0v) is 19.8. The van der Waals surface area contributed by atoms with Gasteiger partial charge in [0.15, 0.2) is 0 Å². The first kappa shape index (κ1) is 20.8. The summed E-state index contributed by atoms with van der Waals surface area (Å²) in [6.45, 7) is 13.5. The molecule has 0 heterocycles. The Kier molecular flexibility index (Phi) is 7.05. The van der Waals surface area contributed by atoms with E-state index in [1.54, 1.807) is 0 Å².